The number of rotatable bonds is 0. The van der Waals surface area contributed by atoms with Gasteiger partial charge in [0.05, 0.1) is 0 Å². The topological polar surface area (TPSA) is 0 Å². The molecule has 78 valence electrons. The van der Waals surface area contributed by atoms with Gasteiger partial charge in [0.15, 0.2) is 0 Å². The number of hydrogen-bond donors (Lipinski definition) is 0. The molecule has 0 heterocycles. The third-order valence-corrected chi connectivity index (χ3v) is 6.93. The van der Waals surface area contributed by atoms with Gasteiger partial charge < -0.3 is 0 Å². The molecule has 0 aliphatic heterocycles. The van der Waals surface area contributed by atoms with Gasteiger partial charge in [-0.25, -0.2) is 0 Å². The van der Waals surface area contributed by atoms with Crippen LogP contribution in [0.4, 0.5) is 0 Å². The van der Waals surface area contributed by atoms with Crippen LogP contribution in [0.3, 0.4) is 0 Å². The van der Waals surface area contributed by atoms with E-state index in [4.69, 9.17) is 0 Å². The molecular formula is C14H21Na. The minimum atomic E-state index is 0. The quantitative estimate of drug-likeness (QED) is 0.542. The van der Waals surface area contributed by atoms with E-state index in [-0.39, 0.29) is 29.6 Å². The van der Waals surface area contributed by atoms with Gasteiger partial charge in [0, 0.05) is 0 Å². The molecule has 15 heavy (non-hydrogen) atoms. The van der Waals surface area contributed by atoms with Crippen molar-refractivity contribution in [2.24, 2.45) is 47.3 Å². The number of hydrogen-bond acceptors (Lipinski definition) is 0. The van der Waals surface area contributed by atoms with Crippen LogP contribution in [0.2, 0.25) is 0 Å². The molecule has 7 aliphatic rings. The molecule has 7 aliphatic carbocycles. The van der Waals surface area contributed by atoms with E-state index in [1.165, 1.54) is 47.3 Å². The first-order chi connectivity index (χ1) is 6.90. The molecule has 0 aromatic carbocycles. The van der Waals surface area contributed by atoms with Gasteiger partial charge in [-0.2, -0.15) is 0 Å². The standard InChI is InChI=1S/C14H20.Na.H/c1-7-2-12-10-4-8-5-11(9(1)10)13(3-7)14(12)6-8;;/h7-14H,1-6H2;;. The molecule has 7 fully saturated rings. The second-order valence-electron chi connectivity index (χ2n) is 7.13. The first kappa shape index (κ1) is 9.97. The van der Waals surface area contributed by atoms with E-state index < -0.39 is 0 Å². The van der Waals surface area contributed by atoms with Gasteiger partial charge >= 0.3 is 29.6 Å². The van der Waals surface area contributed by atoms with Gasteiger partial charge in [0.2, 0.25) is 0 Å². The van der Waals surface area contributed by atoms with Gasteiger partial charge in [0.25, 0.3) is 0 Å². The molecule has 0 radical (unpaired) electrons. The fourth-order valence-electron chi connectivity index (χ4n) is 6.89. The van der Waals surface area contributed by atoms with Gasteiger partial charge in [0.1, 0.15) is 0 Å². The first-order valence-corrected chi connectivity index (χ1v) is 6.90. The van der Waals surface area contributed by atoms with E-state index >= 15 is 0 Å². The summed E-state index contributed by atoms with van der Waals surface area (Å²) in [5.74, 6) is 9.74. The summed E-state index contributed by atoms with van der Waals surface area (Å²) in [7, 11) is 0. The zero-order valence-electron chi connectivity index (χ0n) is 8.86. The molecule has 0 N–H and O–H groups in total. The molecule has 0 nitrogen and oxygen atoms in total. The summed E-state index contributed by atoms with van der Waals surface area (Å²) in [6.07, 6.45) is 9.93. The molecule has 7 saturated carbocycles. The molecule has 0 atom stereocenters. The average molecular weight is 212 g/mol. The Bertz CT molecular complexity index is 210. The monoisotopic (exact) mass is 212 g/mol. The second kappa shape index (κ2) is 3.06. The Morgan fingerprint density at radius 3 is 0.800 bits per heavy atom. The molecule has 8 bridgehead atoms. The van der Waals surface area contributed by atoms with Crippen LogP contribution < -0.4 is 0 Å². The predicted octanol–water partition coefficient (Wildman–Crippen LogP) is 2.68. The van der Waals surface area contributed by atoms with Crippen molar-refractivity contribution in [3.63, 3.8) is 0 Å². The Morgan fingerprint density at radius 2 is 0.600 bits per heavy atom. The van der Waals surface area contributed by atoms with Crippen LogP contribution in [0.1, 0.15) is 38.5 Å². The zero-order valence-corrected chi connectivity index (χ0v) is 8.86. The predicted molar refractivity (Wildman–Crippen MR) is 62.8 cm³/mol. The maximum atomic E-state index is 1.65. The Kier molecular flexibility index (Phi) is 2.03. The van der Waals surface area contributed by atoms with Crippen molar-refractivity contribution in [3.05, 3.63) is 0 Å². The van der Waals surface area contributed by atoms with Crippen molar-refractivity contribution in [3.8, 4) is 0 Å². The molecule has 7 rings (SSSR count). The van der Waals surface area contributed by atoms with E-state index in [2.05, 4.69) is 0 Å². The Morgan fingerprint density at radius 1 is 0.400 bits per heavy atom. The molecule has 0 saturated heterocycles. The summed E-state index contributed by atoms with van der Waals surface area (Å²) in [6, 6.07) is 0. The Hall–Kier alpha value is 1.00. The summed E-state index contributed by atoms with van der Waals surface area (Å²) in [6.45, 7) is 0. The molecule has 0 amide bonds. The van der Waals surface area contributed by atoms with Gasteiger partial charge in [-0.05, 0) is 85.9 Å². The molecule has 0 aromatic rings. The van der Waals surface area contributed by atoms with Crippen molar-refractivity contribution in [1.82, 2.24) is 0 Å². The summed E-state index contributed by atoms with van der Waals surface area (Å²) in [5.41, 5.74) is 0. The van der Waals surface area contributed by atoms with Crippen molar-refractivity contribution in [2.45, 2.75) is 38.5 Å². The fraction of sp³-hybridized carbons (Fsp3) is 1.00. The van der Waals surface area contributed by atoms with Crippen molar-refractivity contribution < 1.29 is 0 Å². The van der Waals surface area contributed by atoms with Crippen LogP contribution in [-0.4, -0.2) is 29.6 Å². The average Bonchev–Trinajstić information content (AvgIpc) is 2.24. The molecule has 0 aromatic heterocycles. The normalized spacial score (nSPS) is 67.2. The summed E-state index contributed by atoms with van der Waals surface area (Å²) in [5, 5.41) is 0. The minimum absolute atomic E-state index is 0. The van der Waals surface area contributed by atoms with E-state index in [1.54, 1.807) is 38.5 Å². The maximum absolute atomic E-state index is 1.65. The van der Waals surface area contributed by atoms with Gasteiger partial charge in [-0.15, -0.1) is 0 Å². The SMILES string of the molecule is C1C2CC3C4CC5CC(C14)C(C2)C3C5.[NaH]. The van der Waals surface area contributed by atoms with Crippen LogP contribution in [0.5, 0.6) is 0 Å². The third-order valence-electron chi connectivity index (χ3n) is 6.93. The van der Waals surface area contributed by atoms with Crippen LogP contribution in [0, 0.1) is 47.3 Å². The van der Waals surface area contributed by atoms with E-state index in [9.17, 15) is 0 Å². The van der Waals surface area contributed by atoms with Gasteiger partial charge in [-0.1, -0.05) is 0 Å². The van der Waals surface area contributed by atoms with Crippen LogP contribution in [0.15, 0.2) is 0 Å². The van der Waals surface area contributed by atoms with Crippen molar-refractivity contribution >= 4 is 29.6 Å². The van der Waals surface area contributed by atoms with Crippen molar-refractivity contribution in [1.29, 1.82) is 0 Å². The fourth-order valence-corrected chi connectivity index (χ4v) is 6.89. The van der Waals surface area contributed by atoms with Gasteiger partial charge in [-0.3, -0.25) is 0 Å². The van der Waals surface area contributed by atoms with Crippen molar-refractivity contribution in [2.75, 3.05) is 0 Å². The molecule has 1 heteroatoms. The van der Waals surface area contributed by atoms with E-state index in [1.807, 2.05) is 0 Å². The summed E-state index contributed by atoms with van der Waals surface area (Å²) >= 11 is 0. The Labute approximate surface area is 115 Å². The van der Waals surface area contributed by atoms with E-state index in [0.29, 0.717) is 0 Å². The second-order valence-corrected chi connectivity index (χ2v) is 7.13. The van der Waals surface area contributed by atoms with Crippen LogP contribution in [-0.2, 0) is 0 Å². The molecular weight excluding hydrogens is 191 g/mol. The third kappa shape index (κ3) is 1.06. The zero-order chi connectivity index (χ0) is 8.86. The van der Waals surface area contributed by atoms with E-state index in [0.717, 1.165) is 0 Å². The molecule has 0 spiro atoms. The first-order valence-electron chi connectivity index (χ1n) is 6.90. The summed E-state index contributed by atoms with van der Waals surface area (Å²) < 4.78 is 0. The molecule has 0 unspecified atom stereocenters. The van der Waals surface area contributed by atoms with Crippen LogP contribution in [0.25, 0.3) is 0 Å². The summed E-state index contributed by atoms with van der Waals surface area (Å²) in [4.78, 5) is 0. The van der Waals surface area contributed by atoms with Crippen LogP contribution >= 0.6 is 0 Å². The Balaban J connectivity index is 0.000000648.